The van der Waals surface area contributed by atoms with Crippen molar-refractivity contribution in [3.8, 4) is 0 Å². The van der Waals surface area contributed by atoms with Crippen LogP contribution in [-0.2, 0) is 16.0 Å². The Kier molecular flexibility index (Phi) is 4.29. The molecule has 1 aliphatic carbocycles. The Morgan fingerprint density at radius 3 is 2.45 bits per heavy atom. The van der Waals surface area contributed by atoms with E-state index in [0.29, 0.717) is 18.4 Å². The van der Waals surface area contributed by atoms with E-state index in [1.54, 1.807) is 24.3 Å². The highest BCUT2D eigenvalue weighted by molar-refractivity contribution is 6.11. The van der Waals surface area contributed by atoms with E-state index in [4.69, 9.17) is 10.8 Å². The molecule has 3 N–H and O–H groups in total. The Balaban J connectivity index is 2.06. The summed E-state index contributed by atoms with van der Waals surface area (Å²) in [6.07, 6.45) is 2.11. The van der Waals surface area contributed by atoms with Gasteiger partial charge in [0.25, 0.3) is 0 Å². The van der Waals surface area contributed by atoms with Crippen molar-refractivity contribution >= 4 is 17.5 Å². The minimum atomic E-state index is -1.05. The van der Waals surface area contributed by atoms with E-state index in [-0.39, 0.29) is 18.0 Å². The number of carboxylic acids is 1. The first kappa shape index (κ1) is 14.4. The average Bonchev–Trinajstić information content (AvgIpc) is 2.85. The minimum absolute atomic E-state index is 0.0203. The lowest BCUT2D eigenvalue weighted by atomic mass is 9.94. The molecule has 0 radical (unpaired) electrons. The molecule has 0 spiro atoms. The molecule has 2 unspecified atom stereocenters. The van der Waals surface area contributed by atoms with E-state index in [1.807, 2.05) is 0 Å². The normalized spacial score (nSPS) is 19.9. The van der Waals surface area contributed by atoms with Crippen LogP contribution in [0.5, 0.6) is 0 Å². The lowest BCUT2D eigenvalue weighted by Crippen LogP contribution is -2.32. The van der Waals surface area contributed by atoms with E-state index >= 15 is 0 Å². The first-order valence-corrected chi connectivity index (χ1v) is 6.63. The molecule has 0 heterocycles. The Hall–Kier alpha value is -2.01. The highest BCUT2D eigenvalue weighted by Crippen LogP contribution is 2.25. The van der Waals surface area contributed by atoms with Crippen molar-refractivity contribution in [3.05, 3.63) is 35.4 Å². The predicted octanol–water partition coefficient (Wildman–Crippen LogP) is 1.19. The number of benzene rings is 1. The van der Waals surface area contributed by atoms with E-state index in [2.05, 4.69) is 0 Å². The average molecular weight is 275 g/mol. The summed E-state index contributed by atoms with van der Waals surface area (Å²) >= 11 is 0. The van der Waals surface area contributed by atoms with Gasteiger partial charge in [-0.15, -0.1) is 0 Å². The zero-order chi connectivity index (χ0) is 14.7. The number of hydrogen-bond acceptors (Lipinski definition) is 4. The number of carboxylic acid groups (broad SMARTS) is 1. The van der Waals surface area contributed by atoms with Crippen molar-refractivity contribution in [2.45, 2.75) is 31.7 Å². The standard InChI is InChI=1S/C15H17NO4/c16-12(15(19)20)8-9-4-6-10(7-5-9)14(18)11-2-1-3-13(11)17/h4-7,11-12H,1-3,8,16H2,(H,19,20). The second-order valence-corrected chi connectivity index (χ2v) is 5.12. The number of carbonyl (C=O) groups excluding carboxylic acids is 2. The Morgan fingerprint density at radius 1 is 1.30 bits per heavy atom. The van der Waals surface area contributed by atoms with Gasteiger partial charge in [0, 0.05) is 12.0 Å². The van der Waals surface area contributed by atoms with Gasteiger partial charge in [0.05, 0.1) is 5.92 Å². The largest absolute Gasteiger partial charge is 0.480 e. The Labute approximate surface area is 116 Å². The minimum Gasteiger partial charge on any atom is -0.480 e. The number of aliphatic carboxylic acids is 1. The van der Waals surface area contributed by atoms with Crippen molar-refractivity contribution in [2.75, 3.05) is 0 Å². The maximum atomic E-state index is 12.2. The molecule has 1 aromatic rings. The molecule has 2 rings (SSSR count). The topological polar surface area (TPSA) is 97.5 Å². The van der Waals surface area contributed by atoms with Crippen LogP contribution in [-0.4, -0.2) is 28.7 Å². The van der Waals surface area contributed by atoms with Gasteiger partial charge in [0.1, 0.15) is 11.8 Å². The molecule has 0 aliphatic heterocycles. The highest BCUT2D eigenvalue weighted by Gasteiger charge is 2.31. The van der Waals surface area contributed by atoms with Crippen LogP contribution in [0.2, 0.25) is 0 Å². The van der Waals surface area contributed by atoms with Gasteiger partial charge < -0.3 is 10.8 Å². The van der Waals surface area contributed by atoms with E-state index < -0.39 is 17.9 Å². The summed E-state index contributed by atoms with van der Waals surface area (Å²) in [5.74, 6) is -1.67. The lowest BCUT2D eigenvalue weighted by molar-refractivity contribution is -0.138. The van der Waals surface area contributed by atoms with Gasteiger partial charge in [-0.1, -0.05) is 24.3 Å². The van der Waals surface area contributed by atoms with Gasteiger partial charge in [0.2, 0.25) is 0 Å². The second kappa shape index (κ2) is 5.96. The fraction of sp³-hybridized carbons (Fsp3) is 0.400. The smallest absolute Gasteiger partial charge is 0.320 e. The number of hydrogen-bond donors (Lipinski definition) is 2. The van der Waals surface area contributed by atoms with E-state index in [9.17, 15) is 14.4 Å². The molecule has 0 aromatic heterocycles. The van der Waals surface area contributed by atoms with Crippen LogP contribution in [0.3, 0.4) is 0 Å². The monoisotopic (exact) mass is 275 g/mol. The second-order valence-electron chi connectivity index (χ2n) is 5.12. The summed E-state index contributed by atoms with van der Waals surface area (Å²) in [4.78, 5) is 34.4. The van der Waals surface area contributed by atoms with Crippen molar-refractivity contribution in [1.29, 1.82) is 0 Å². The zero-order valence-electron chi connectivity index (χ0n) is 11.0. The first-order valence-electron chi connectivity index (χ1n) is 6.63. The third kappa shape index (κ3) is 3.11. The summed E-state index contributed by atoms with van der Waals surface area (Å²) in [7, 11) is 0. The molecule has 0 bridgehead atoms. The molecule has 106 valence electrons. The van der Waals surface area contributed by atoms with E-state index in [1.165, 1.54) is 0 Å². The van der Waals surface area contributed by atoms with Crippen molar-refractivity contribution in [2.24, 2.45) is 11.7 Å². The Bertz CT molecular complexity index is 535. The van der Waals surface area contributed by atoms with Crippen molar-refractivity contribution in [1.82, 2.24) is 0 Å². The molecular weight excluding hydrogens is 258 g/mol. The number of rotatable bonds is 5. The summed E-state index contributed by atoms with van der Waals surface area (Å²) in [5, 5.41) is 8.74. The third-order valence-corrected chi connectivity index (χ3v) is 3.63. The quantitative estimate of drug-likeness (QED) is 0.621. The van der Waals surface area contributed by atoms with Crippen LogP contribution in [0.25, 0.3) is 0 Å². The molecule has 0 saturated heterocycles. The number of Topliss-reactive ketones (excluding diaryl/α,β-unsaturated/α-hetero) is 2. The molecular formula is C15H17NO4. The molecule has 0 amide bonds. The SMILES string of the molecule is NC(Cc1ccc(C(=O)C2CCCC2=O)cc1)C(=O)O. The van der Waals surface area contributed by atoms with Crippen LogP contribution in [0.1, 0.15) is 35.2 Å². The zero-order valence-corrected chi connectivity index (χ0v) is 11.0. The first-order chi connectivity index (χ1) is 9.49. The van der Waals surface area contributed by atoms with Gasteiger partial charge in [-0.3, -0.25) is 14.4 Å². The van der Waals surface area contributed by atoms with Crippen LogP contribution >= 0.6 is 0 Å². The van der Waals surface area contributed by atoms with E-state index in [0.717, 1.165) is 12.0 Å². The third-order valence-electron chi connectivity index (χ3n) is 3.63. The van der Waals surface area contributed by atoms with Crippen LogP contribution in [0, 0.1) is 5.92 Å². The van der Waals surface area contributed by atoms with Gasteiger partial charge in [0.15, 0.2) is 5.78 Å². The number of ketones is 2. The van der Waals surface area contributed by atoms with Crippen molar-refractivity contribution < 1.29 is 19.5 Å². The van der Waals surface area contributed by atoms with Crippen LogP contribution in [0.4, 0.5) is 0 Å². The highest BCUT2D eigenvalue weighted by atomic mass is 16.4. The predicted molar refractivity (Wildman–Crippen MR) is 72.4 cm³/mol. The van der Waals surface area contributed by atoms with Crippen LogP contribution < -0.4 is 5.73 Å². The summed E-state index contributed by atoms with van der Waals surface area (Å²) in [6, 6.07) is 5.70. The van der Waals surface area contributed by atoms with Gasteiger partial charge >= 0.3 is 5.97 Å². The maximum absolute atomic E-state index is 12.2. The fourth-order valence-corrected chi connectivity index (χ4v) is 2.44. The Morgan fingerprint density at radius 2 is 1.95 bits per heavy atom. The summed E-state index contributed by atoms with van der Waals surface area (Å²) in [5.41, 5.74) is 6.71. The summed E-state index contributed by atoms with van der Waals surface area (Å²) in [6.45, 7) is 0. The molecule has 5 heteroatoms. The van der Waals surface area contributed by atoms with Gasteiger partial charge in [-0.25, -0.2) is 0 Å². The molecule has 20 heavy (non-hydrogen) atoms. The maximum Gasteiger partial charge on any atom is 0.320 e. The number of nitrogens with two attached hydrogens (primary N) is 1. The fourth-order valence-electron chi connectivity index (χ4n) is 2.44. The molecule has 1 aliphatic rings. The molecule has 5 nitrogen and oxygen atoms in total. The van der Waals surface area contributed by atoms with Gasteiger partial charge in [-0.2, -0.15) is 0 Å². The number of carbonyl (C=O) groups is 3. The molecule has 1 saturated carbocycles. The molecule has 1 aromatic carbocycles. The van der Waals surface area contributed by atoms with Gasteiger partial charge in [-0.05, 0) is 24.8 Å². The van der Waals surface area contributed by atoms with Crippen LogP contribution in [0.15, 0.2) is 24.3 Å². The summed E-state index contributed by atoms with van der Waals surface area (Å²) < 4.78 is 0. The van der Waals surface area contributed by atoms with Crippen molar-refractivity contribution in [3.63, 3.8) is 0 Å². The molecule has 2 atom stereocenters. The lowest BCUT2D eigenvalue weighted by Gasteiger charge is -2.09. The molecule has 1 fully saturated rings.